The number of carbonyl (C=O) groups excluding carboxylic acids is 1. The first-order chi connectivity index (χ1) is 10.6. The van der Waals surface area contributed by atoms with Crippen LogP contribution in [0, 0.1) is 6.92 Å². The molecule has 1 amide bonds. The van der Waals surface area contributed by atoms with Crippen LogP contribution in [0.25, 0.3) is 0 Å². The molecular formula is C16H18BrN3O2. The van der Waals surface area contributed by atoms with Gasteiger partial charge >= 0.3 is 0 Å². The zero-order chi connectivity index (χ0) is 15.5. The second-order valence-corrected chi connectivity index (χ2v) is 6.34. The van der Waals surface area contributed by atoms with Gasteiger partial charge < -0.3 is 9.42 Å². The molecule has 2 heterocycles. The van der Waals surface area contributed by atoms with Crippen molar-refractivity contribution in [1.29, 1.82) is 0 Å². The van der Waals surface area contributed by atoms with E-state index in [1.165, 1.54) is 0 Å². The number of halogens is 1. The van der Waals surface area contributed by atoms with Crippen molar-refractivity contribution in [2.45, 2.75) is 13.5 Å². The van der Waals surface area contributed by atoms with Crippen LogP contribution in [0.1, 0.15) is 21.8 Å². The molecule has 0 unspecified atom stereocenters. The van der Waals surface area contributed by atoms with E-state index in [-0.39, 0.29) is 5.91 Å². The molecule has 0 atom stereocenters. The maximum absolute atomic E-state index is 12.5. The molecule has 0 radical (unpaired) electrons. The monoisotopic (exact) mass is 363 g/mol. The minimum atomic E-state index is 0.0858. The largest absolute Gasteiger partial charge is 0.360 e. The fourth-order valence-electron chi connectivity index (χ4n) is 2.63. The Morgan fingerprint density at radius 1 is 1.27 bits per heavy atom. The molecule has 0 N–H and O–H groups in total. The molecule has 1 saturated heterocycles. The molecule has 0 bridgehead atoms. The molecule has 1 aliphatic rings. The van der Waals surface area contributed by atoms with Gasteiger partial charge in [-0.25, -0.2) is 0 Å². The zero-order valence-electron chi connectivity index (χ0n) is 12.5. The Balaban J connectivity index is 1.57. The van der Waals surface area contributed by atoms with E-state index in [0.717, 1.165) is 54.2 Å². The van der Waals surface area contributed by atoms with Crippen molar-refractivity contribution >= 4 is 21.8 Å². The molecule has 0 aliphatic carbocycles. The SMILES string of the molecule is Cc1cc(CN2CCN(C(=O)c3ccccc3Br)CC2)on1. The highest BCUT2D eigenvalue weighted by Gasteiger charge is 2.23. The van der Waals surface area contributed by atoms with Gasteiger partial charge in [0.05, 0.1) is 17.8 Å². The number of aryl methyl sites for hydroxylation is 1. The normalized spacial score (nSPS) is 16.0. The highest BCUT2D eigenvalue weighted by atomic mass is 79.9. The van der Waals surface area contributed by atoms with Gasteiger partial charge in [-0.2, -0.15) is 0 Å². The van der Waals surface area contributed by atoms with Gasteiger partial charge in [0.15, 0.2) is 5.76 Å². The first kappa shape index (κ1) is 15.2. The van der Waals surface area contributed by atoms with Crippen LogP contribution < -0.4 is 0 Å². The maximum atomic E-state index is 12.5. The van der Waals surface area contributed by atoms with Crippen LogP contribution in [0.5, 0.6) is 0 Å². The summed E-state index contributed by atoms with van der Waals surface area (Å²) in [6.45, 7) is 5.81. The van der Waals surface area contributed by atoms with E-state index in [0.29, 0.717) is 0 Å². The van der Waals surface area contributed by atoms with Crippen molar-refractivity contribution in [1.82, 2.24) is 15.0 Å². The van der Waals surface area contributed by atoms with Gasteiger partial charge in [0.25, 0.3) is 5.91 Å². The topological polar surface area (TPSA) is 49.6 Å². The summed E-state index contributed by atoms with van der Waals surface area (Å²) in [7, 11) is 0. The lowest BCUT2D eigenvalue weighted by Gasteiger charge is -2.34. The van der Waals surface area contributed by atoms with E-state index >= 15 is 0 Å². The third-order valence-corrected chi connectivity index (χ3v) is 4.51. The average molecular weight is 364 g/mol. The molecule has 1 aromatic carbocycles. The standard InChI is InChI=1S/C16H18BrN3O2/c1-12-10-13(22-18-12)11-19-6-8-20(9-7-19)16(21)14-4-2-3-5-15(14)17/h2-5,10H,6-9,11H2,1H3. The van der Waals surface area contributed by atoms with Crippen molar-refractivity contribution in [2.24, 2.45) is 0 Å². The first-order valence-electron chi connectivity index (χ1n) is 7.32. The Hall–Kier alpha value is -1.66. The quantitative estimate of drug-likeness (QED) is 0.841. The number of carbonyl (C=O) groups is 1. The summed E-state index contributed by atoms with van der Waals surface area (Å²) in [6.07, 6.45) is 0. The average Bonchev–Trinajstić information content (AvgIpc) is 2.93. The summed E-state index contributed by atoms with van der Waals surface area (Å²) in [6, 6.07) is 9.52. The number of benzene rings is 1. The number of piperazine rings is 1. The Kier molecular flexibility index (Phi) is 4.59. The number of aromatic nitrogens is 1. The van der Waals surface area contributed by atoms with Crippen LogP contribution in [0.4, 0.5) is 0 Å². The van der Waals surface area contributed by atoms with Crippen molar-refractivity contribution in [2.75, 3.05) is 26.2 Å². The molecular weight excluding hydrogens is 346 g/mol. The first-order valence-corrected chi connectivity index (χ1v) is 8.11. The lowest BCUT2D eigenvalue weighted by Crippen LogP contribution is -2.48. The van der Waals surface area contributed by atoms with Crippen LogP contribution in [0.3, 0.4) is 0 Å². The Bertz CT molecular complexity index is 663. The highest BCUT2D eigenvalue weighted by Crippen LogP contribution is 2.19. The molecule has 116 valence electrons. The van der Waals surface area contributed by atoms with Gasteiger partial charge in [0, 0.05) is 36.7 Å². The van der Waals surface area contributed by atoms with Crippen LogP contribution in [-0.4, -0.2) is 47.0 Å². The number of amides is 1. The molecule has 1 aromatic heterocycles. The minimum absolute atomic E-state index is 0.0858. The van der Waals surface area contributed by atoms with Gasteiger partial charge in [-0.1, -0.05) is 17.3 Å². The van der Waals surface area contributed by atoms with E-state index in [9.17, 15) is 4.79 Å². The number of nitrogens with zero attached hydrogens (tertiary/aromatic N) is 3. The number of hydrogen-bond donors (Lipinski definition) is 0. The summed E-state index contributed by atoms with van der Waals surface area (Å²) in [5.74, 6) is 0.964. The third-order valence-electron chi connectivity index (χ3n) is 3.82. The van der Waals surface area contributed by atoms with Crippen molar-refractivity contribution in [3.05, 3.63) is 51.8 Å². The van der Waals surface area contributed by atoms with Crippen LogP contribution in [-0.2, 0) is 6.54 Å². The molecule has 0 spiro atoms. The van der Waals surface area contributed by atoms with E-state index in [1.807, 2.05) is 42.2 Å². The van der Waals surface area contributed by atoms with E-state index in [1.54, 1.807) is 0 Å². The molecule has 1 aliphatic heterocycles. The molecule has 3 rings (SSSR count). The zero-order valence-corrected chi connectivity index (χ0v) is 14.0. The summed E-state index contributed by atoms with van der Waals surface area (Å²) < 4.78 is 6.09. The lowest BCUT2D eigenvalue weighted by atomic mass is 10.2. The van der Waals surface area contributed by atoms with Crippen molar-refractivity contribution < 1.29 is 9.32 Å². The molecule has 1 fully saturated rings. The van der Waals surface area contributed by atoms with Gasteiger partial charge in [-0.05, 0) is 35.0 Å². The van der Waals surface area contributed by atoms with Crippen LogP contribution in [0.15, 0.2) is 39.3 Å². The summed E-state index contributed by atoms with van der Waals surface area (Å²) in [5.41, 5.74) is 1.62. The lowest BCUT2D eigenvalue weighted by molar-refractivity contribution is 0.0616. The Morgan fingerprint density at radius 2 is 2.00 bits per heavy atom. The van der Waals surface area contributed by atoms with Gasteiger partial charge in [-0.15, -0.1) is 0 Å². The molecule has 2 aromatic rings. The molecule has 5 nitrogen and oxygen atoms in total. The Morgan fingerprint density at radius 3 is 2.64 bits per heavy atom. The summed E-state index contributed by atoms with van der Waals surface area (Å²) in [4.78, 5) is 16.7. The van der Waals surface area contributed by atoms with Crippen molar-refractivity contribution in [3.63, 3.8) is 0 Å². The van der Waals surface area contributed by atoms with E-state index in [4.69, 9.17) is 4.52 Å². The third kappa shape index (κ3) is 3.39. The van der Waals surface area contributed by atoms with E-state index < -0.39 is 0 Å². The molecule has 6 heteroatoms. The van der Waals surface area contributed by atoms with Gasteiger partial charge in [0.1, 0.15) is 0 Å². The number of hydrogen-bond acceptors (Lipinski definition) is 4. The summed E-state index contributed by atoms with van der Waals surface area (Å²) >= 11 is 3.44. The fraction of sp³-hybridized carbons (Fsp3) is 0.375. The van der Waals surface area contributed by atoms with Crippen LogP contribution in [0.2, 0.25) is 0 Å². The van der Waals surface area contributed by atoms with Gasteiger partial charge in [-0.3, -0.25) is 9.69 Å². The second kappa shape index (κ2) is 6.62. The maximum Gasteiger partial charge on any atom is 0.255 e. The minimum Gasteiger partial charge on any atom is -0.360 e. The van der Waals surface area contributed by atoms with E-state index in [2.05, 4.69) is 26.0 Å². The van der Waals surface area contributed by atoms with Gasteiger partial charge in [0.2, 0.25) is 0 Å². The highest BCUT2D eigenvalue weighted by molar-refractivity contribution is 9.10. The fourth-order valence-corrected chi connectivity index (χ4v) is 3.08. The predicted molar refractivity (Wildman–Crippen MR) is 86.6 cm³/mol. The summed E-state index contributed by atoms with van der Waals surface area (Å²) in [5, 5.41) is 3.90. The number of rotatable bonds is 3. The predicted octanol–water partition coefficient (Wildman–Crippen LogP) is 2.70. The molecule has 0 saturated carbocycles. The van der Waals surface area contributed by atoms with Crippen LogP contribution >= 0.6 is 15.9 Å². The van der Waals surface area contributed by atoms with Crippen molar-refractivity contribution in [3.8, 4) is 0 Å². The molecule has 22 heavy (non-hydrogen) atoms. The smallest absolute Gasteiger partial charge is 0.255 e. The Labute approximate surface area is 138 Å². The second-order valence-electron chi connectivity index (χ2n) is 5.48.